The molecule has 134 valence electrons. The number of nitrogens with one attached hydrogen (secondary N) is 1. The summed E-state index contributed by atoms with van der Waals surface area (Å²) >= 11 is 4.06. The van der Waals surface area contributed by atoms with Gasteiger partial charge in [0.15, 0.2) is 10.2 Å². The second-order valence-corrected chi connectivity index (χ2v) is 8.97. The Labute approximate surface area is 205 Å². The van der Waals surface area contributed by atoms with E-state index in [9.17, 15) is 24.6 Å². The summed E-state index contributed by atoms with van der Waals surface area (Å²) in [6.45, 7) is -0.458. The van der Waals surface area contributed by atoms with Gasteiger partial charge >= 0.3 is 51.4 Å². The first-order valence-electron chi connectivity index (χ1n) is 7.33. The summed E-state index contributed by atoms with van der Waals surface area (Å²) in [6.07, 6.45) is 1.92. The molecule has 1 aromatic rings. The quantitative estimate of drug-likeness (QED) is 0.349. The van der Waals surface area contributed by atoms with Gasteiger partial charge in [0.25, 0.3) is 5.91 Å². The topological polar surface area (TPSA) is 110 Å². The van der Waals surface area contributed by atoms with E-state index in [4.69, 9.17) is 0 Å². The Morgan fingerprint density at radius 1 is 1.54 bits per heavy atom. The molecule has 0 aromatic carbocycles. The van der Waals surface area contributed by atoms with E-state index in [0.29, 0.717) is 0 Å². The Bertz CT molecular complexity index is 754. The number of aliphatic hydroxyl groups excluding tert-OH is 1. The van der Waals surface area contributed by atoms with Crippen molar-refractivity contribution in [2.24, 2.45) is 0 Å². The second kappa shape index (κ2) is 9.10. The molecule has 0 spiro atoms. The van der Waals surface area contributed by atoms with Crippen molar-refractivity contribution in [3.63, 3.8) is 0 Å². The number of hydrogen-bond acceptors (Lipinski definition) is 8. The number of aliphatic carboxylic acids is 1. The SMILES string of the molecule is CSC12SCC(CO)=C(C(=O)[O-])N1C(=O)C2NC(=O)Cc1cccs1.[K+]. The molecule has 2 unspecified atom stereocenters. The Hall–Kier alpha value is 0.146. The van der Waals surface area contributed by atoms with Crippen molar-refractivity contribution in [2.75, 3.05) is 18.6 Å². The molecule has 3 heterocycles. The fraction of sp³-hybridized carbons (Fsp3) is 0.400. The molecule has 1 saturated heterocycles. The van der Waals surface area contributed by atoms with Crippen molar-refractivity contribution in [2.45, 2.75) is 16.7 Å². The molecule has 2 aliphatic rings. The van der Waals surface area contributed by atoms with Crippen molar-refractivity contribution in [3.8, 4) is 0 Å². The number of amides is 2. The normalized spacial score (nSPS) is 24.5. The zero-order valence-electron chi connectivity index (χ0n) is 14.2. The molecule has 7 nitrogen and oxygen atoms in total. The number of carbonyl (C=O) groups is 3. The van der Waals surface area contributed by atoms with Crippen molar-refractivity contribution < 1.29 is 76.0 Å². The van der Waals surface area contributed by atoms with Gasteiger partial charge in [-0.15, -0.1) is 34.9 Å². The van der Waals surface area contributed by atoms with Gasteiger partial charge in [-0.2, -0.15) is 0 Å². The zero-order valence-corrected chi connectivity index (χ0v) is 19.8. The molecule has 0 radical (unpaired) electrons. The smallest absolute Gasteiger partial charge is 0.543 e. The number of carboxylic acids is 1. The number of aliphatic hydroxyl groups is 1. The second-order valence-electron chi connectivity index (χ2n) is 5.45. The first-order chi connectivity index (χ1) is 11.9. The van der Waals surface area contributed by atoms with E-state index in [1.165, 1.54) is 34.9 Å². The maximum absolute atomic E-state index is 12.6. The number of β-lactam (4-membered cyclic amide) rings is 1. The summed E-state index contributed by atoms with van der Waals surface area (Å²) in [4.78, 5) is 38.3. The number of nitrogens with zero attached hydrogens (tertiary/aromatic N) is 1. The standard InChI is InChI=1S/C15H16N2O5S3.K/c1-23-15-12(16-10(19)5-9-3-2-4-24-9)13(20)17(15)11(14(21)22)8(6-18)7-25-15;/h2-4,12,18H,5-7H2,1H3,(H,16,19)(H,21,22);/q;+1/p-1. The molecule has 11 heteroatoms. The van der Waals surface area contributed by atoms with E-state index in [0.717, 1.165) is 9.78 Å². The average molecular weight is 439 g/mol. The largest absolute Gasteiger partial charge is 1.00 e. The molecule has 2 atom stereocenters. The first-order valence-corrected chi connectivity index (χ1v) is 10.4. The van der Waals surface area contributed by atoms with Crippen molar-refractivity contribution in [1.29, 1.82) is 0 Å². The van der Waals surface area contributed by atoms with Crippen LogP contribution in [0.3, 0.4) is 0 Å². The van der Waals surface area contributed by atoms with Crippen LogP contribution in [0.5, 0.6) is 0 Å². The minimum absolute atomic E-state index is 0. The van der Waals surface area contributed by atoms with E-state index in [1.807, 2.05) is 17.5 Å². The van der Waals surface area contributed by atoms with Gasteiger partial charge in [0.1, 0.15) is 0 Å². The number of hydrogen-bond donors (Lipinski definition) is 2. The summed E-state index contributed by atoms with van der Waals surface area (Å²) in [5.41, 5.74) is -0.0456. The van der Waals surface area contributed by atoms with Crippen LogP contribution in [0.25, 0.3) is 0 Å². The van der Waals surface area contributed by atoms with Crippen LogP contribution in [0.15, 0.2) is 28.8 Å². The van der Waals surface area contributed by atoms with E-state index >= 15 is 0 Å². The third-order valence-electron chi connectivity index (χ3n) is 4.05. The van der Waals surface area contributed by atoms with Crippen LogP contribution >= 0.6 is 34.9 Å². The van der Waals surface area contributed by atoms with Crippen LogP contribution < -0.4 is 61.8 Å². The Kier molecular flexibility index (Phi) is 7.85. The summed E-state index contributed by atoms with van der Waals surface area (Å²) in [7, 11) is 0. The first kappa shape index (κ1) is 22.4. The van der Waals surface area contributed by atoms with Crippen LogP contribution in [0.2, 0.25) is 0 Å². The summed E-state index contributed by atoms with van der Waals surface area (Å²) in [5, 5.41) is 25.4. The molecular formula is C15H15KN2O5S3. The Morgan fingerprint density at radius 2 is 2.27 bits per heavy atom. The van der Waals surface area contributed by atoms with Gasteiger partial charge < -0.3 is 20.3 Å². The number of carbonyl (C=O) groups excluding carboxylic acids is 3. The third-order valence-corrected chi connectivity index (χ3v) is 8.11. The molecule has 1 fully saturated rings. The molecule has 2 aliphatic heterocycles. The van der Waals surface area contributed by atoms with Crippen LogP contribution in [0, 0.1) is 0 Å². The van der Waals surface area contributed by atoms with Gasteiger partial charge in [-0.1, -0.05) is 6.07 Å². The molecule has 0 saturated carbocycles. The van der Waals surface area contributed by atoms with Crippen LogP contribution in [-0.2, 0) is 20.8 Å². The number of carboxylic acid groups (broad SMARTS) is 1. The molecule has 3 rings (SSSR count). The van der Waals surface area contributed by atoms with Crippen molar-refractivity contribution in [1.82, 2.24) is 10.2 Å². The number of thiophene rings is 1. The maximum atomic E-state index is 12.6. The minimum Gasteiger partial charge on any atom is -0.543 e. The maximum Gasteiger partial charge on any atom is 1.00 e. The molecule has 0 aliphatic carbocycles. The zero-order chi connectivity index (χ0) is 18.2. The van der Waals surface area contributed by atoms with Crippen LogP contribution in [0.4, 0.5) is 0 Å². The molecule has 2 N–H and O–H groups in total. The molecule has 0 bridgehead atoms. The van der Waals surface area contributed by atoms with Crippen molar-refractivity contribution in [3.05, 3.63) is 33.7 Å². The molecular weight excluding hydrogens is 423 g/mol. The Balaban J connectivity index is 0.00000243. The fourth-order valence-corrected chi connectivity index (χ4v) is 6.25. The number of thioether (sulfide) groups is 2. The van der Waals surface area contributed by atoms with E-state index in [1.54, 1.807) is 6.26 Å². The molecule has 2 amide bonds. The predicted molar refractivity (Wildman–Crippen MR) is 94.6 cm³/mol. The van der Waals surface area contributed by atoms with E-state index in [-0.39, 0.29) is 80.7 Å². The predicted octanol–water partition coefficient (Wildman–Crippen LogP) is -3.62. The summed E-state index contributed by atoms with van der Waals surface area (Å²) in [6, 6.07) is 2.86. The van der Waals surface area contributed by atoms with Gasteiger partial charge in [0.05, 0.1) is 24.7 Å². The number of fused-ring (bicyclic) bond motifs is 1. The van der Waals surface area contributed by atoms with Gasteiger partial charge in [-0.3, -0.25) is 14.5 Å². The van der Waals surface area contributed by atoms with Gasteiger partial charge in [0.2, 0.25) is 5.91 Å². The third kappa shape index (κ3) is 3.83. The van der Waals surface area contributed by atoms with E-state index < -0.39 is 28.7 Å². The monoisotopic (exact) mass is 438 g/mol. The van der Waals surface area contributed by atoms with Gasteiger partial charge in [-0.05, 0) is 23.3 Å². The summed E-state index contributed by atoms with van der Waals surface area (Å²) in [5.74, 6) is -2.05. The fourth-order valence-electron chi connectivity index (χ4n) is 2.89. The minimum atomic E-state index is -1.50. The van der Waals surface area contributed by atoms with Crippen LogP contribution in [-0.4, -0.2) is 56.7 Å². The van der Waals surface area contributed by atoms with Gasteiger partial charge in [-0.25, -0.2) is 0 Å². The molecule has 1 aromatic heterocycles. The van der Waals surface area contributed by atoms with Gasteiger partial charge in [0, 0.05) is 10.6 Å². The Morgan fingerprint density at radius 3 is 2.81 bits per heavy atom. The average Bonchev–Trinajstić information content (AvgIpc) is 3.10. The van der Waals surface area contributed by atoms with E-state index in [2.05, 4.69) is 5.32 Å². The van der Waals surface area contributed by atoms with Crippen molar-refractivity contribution >= 4 is 52.6 Å². The summed E-state index contributed by atoms with van der Waals surface area (Å²) < 4.78 is -0.934. The van der Waals surface area contributed by atoms with Crippen LogP contribution in [0.1, 0.15) is 4.88 Å². The molecule has 26 heavy (non-hydrogen) atoms. The number of rotatable bonds is 6.